The van der Waals surface area contributed by atoms with Crippen LogP contribution < -0.4 is 0 Å². The van der Waals surface area contributed by atoms with Crippen LogP contribution >= 0.6 is 0 Å². The van der Waals surface area contributed by atoms with Crippen molar-refractivity contribution in [3.05, 3.63) is 66.7 Å². The van der Waals surface area contributed by atoms with Crippen LogP contribution in [0.4, 0.5) is 0 Å². The van der Waals surface area contributed by atoms with E-state index in [1.165, 1.54) is 16.2 Å². The number of rotatable bonds is 0. The quantitative estimate of drug-likeness (QED) is 0.382. The fourth-order valence-corrected chi connectivity index (χ4v) is 3.73. The third-order valence-electron chi connectivity index (χ3n) is 4.90. The average molecular weight is 307 g/mol. The maximum atomic E-state index is 4.78. The van der Waals surface area contributed by atoms with E-state index in [2.05, 4.69) is 70.6 Å². The van der Waals surface area contributed by atoms with Gasteiger partial charge in [0.25, 0.3) is 0 Å². The summed E-state index contributed by atoms with van der Waals surface area (Å²) in [6.07, 6.45) is 0. The first-order valence-corrected chi connectivity index (χ1v) is 8.08. The van der Waals surface area contributed by atoms with E-state index in [1.807, 2.05) is 6.07 Å². The Morgan fingerprint density at radius 1 is 0.625 bits per heavy atom. The van der Waals surface area contributed by atoms with Gasteiger partial charge in [0.05, 0.1) is 16.6 Å². The van der Waals surface area contributed by atoms with Gasteiger partial charge in [0.1, 0.15) is 5.65 Å². The predicted molar refractivity (Wildman–Crippen MR) is 100 cm³/mol. The van der Waals surface area contributed by atoms with Crippen molar-refractivity contribution in [1.29, 1.82) is 0 Å². The van der Waals surface area contributed by atoms with Crippen molar-refractivity contribution in [2.45, 2.75) is 0 Å². The molecule has 0 unspecified atom stereocenters. The zero-order valence-electron chi connectivity index (χ0n) is 12.8. The lowest BCUT2D eigenvalue weighted by molar-refractivity contribution is 1.41. The maximum Gasteiger partial charge on any atom is 0.140 e. The molecular weight excluding hydrogens is 294 g/mol. The molecule has 0 spiro atoms. The second-order valence-electron chi connectivity index (χ2n) is 6.32. The van der Waals surface area contributed by atoms with Crippen LogP contribution in [0.15, 0.2) is 66.7 Å². The van der Waals surface area contributed by atoms with Gasteiger partial charge >= 0.3 is 0 Å². The number of hydrogen-bond acceptors (Lipinski definition) is 1. The second kappa shape index (κ2) is 4.15. The molecule has 0 bridgehead atoms. The molecule has 3 heterocycles. The molecule has 24 heavy (non-hydrogen) atoms. The molecule has 0 aliphatic heterocycles. The highest BCUT2D eigenvalue weighted by molar-refractivity contribution is 6.19. The highest BCUT2D eigenvalue weighted by atomic mass is 14.9. The van der Waals surface area contributed by atoms with Gasteiger partial charge in [-0.05, 0) is 35.0 Å². The SMILES string of the molecule is c1ccc2cc3c(cc2c1)[nH]c1c2cc4ccccc4nc2[nH]c31. The molecule has 3 aromatic heterocycles. The Balaban J connectivity index is 1.81. The number of para-hydroxylation sites is 1. The number of aromatic nitrogens is 3. The van der Waals surface area contributed by atoms with E-state index in [4.69, 9.17) is 4.98 Å². The Hall–Kier alpha value is -3.33. The number of H-pyrrole nitrogens is 2. The van der Waals surface area contributed by atoms with Gasteiger partial charge in [-0.15, -0.1) is 0 Å². The summed E-state index contributed by atoms with van der Waals surface area (Å²) in [6, 6.07) is 23.4. The zero-order chi connectivity index (χ0) is 15.7. The van der Waals surface area contributed by atoms with Gasteiger partial charge in [0.15, 0.2) is 0 Å². The number of nitrogens with zero attached hydrogens (tertiary/aromatic N) is 1. The standard InChI is InChI=1S/C21H13N3/c1-2-6-13-11-18-15(9-12(13)5-1)19-20(22-18)16-10-14-7-3-4-8-17(14)23-21(16)24-19/h1-11,22H,(H,23,24). The van der Waals surface area contributed by atoms with Gasteiger partial charge < -0.3 is 9.97 Å². The van der Waals surface area contributed by atoms with Crippen LogP contribution in [-0.2, 0) is 0 Å². The molecule has 0 fully saturated rings. The average Bonchev–Trinajstić information content (AvgIpc) is 3.13. The smallest absolute Gasteiger partial charge is 0.140 e. The molecule has 0 saturated heterocycles. The van der Waals surface area contributed by atoms with E-state index in [1.54, 1.807) is 0 Å². The van der Waals surface area contributed by atoms with E-state index in [0.717, 1.165) is 38.5 Å². The van der Waals surface area contributed by atoms with Gasteiger partial charge in [-0.25, -0.2) is 4.98 Å². The lowest BCUT2D eigenvalue weighted by Crippen LogP contribution is -1.81. The van der Waals surface area contributed by atoms with Gasteiger partial charge in [-0.3, -0.25) is 0 Å². The van der Waals surface area contributed by atoms with Crippen molar-refractivity contribution >= 4 is 54.6 Å². The Bertz CT molecular complexity index is 1290. The van der Waals surface area contributed by atoms with Crippen LogP contribution in [0.2, 0.25) is 0 Å². The molecule has 0 aliphatic carbocycles. The monoisotopic (exact) mass is 307 g/mol. The third-order valence-corrected chi connectivity index (χ3v) is 4.90. The van der Waals surface area contributed by atoms with Crippen LogP contribution in [0.1, 0.15) is 0 Å². The summed E-state index contributed by atoms with van der Waals surface area (Å²) in [6.45, 7) is 0. The number of pyridine rings is 1. The van der Waals surface area contributed by atoms with E-state index >= 15 is 0 Å². The Labute approximate surface area is 136 Å². The summed E-state index contributed by atoms with van der Waals surface area (Å²) in [5.74, 6) is 0. The third kappa shape index (κ3) is 1.48. The minimum absolute atomic E-state index is 0.935. The van der Waals surface area contributed by atoms with Crippen LogP contribution in [-0.4, -0.2) is 15.0 Å². The van der Waals surface area contributed by atoms with Crippen molar-refractivity contribution < 1.29 is 0 Å². The number of fused-ring (bicyclic) bond motifs is 7. The molecule has 0 atom stereocenters. The van der Waals surface area contributed by atoms with E-state index in [-0.39, 0.29) is 0 Å². The molecule has 112 valence electrons. The minimum Gasteiger partial charge on any atom is -0.353 e. The van der Waals surface area contributed by atoms with E-state index < -0.39 is 0 Å². The minimum atomic E-state index is 0.935. The first-order valence-electron chi connectivity index (χ1n) is 8.08. The Morgan fingerprint density at radius 3 is 2.17 bits per heavy atom. The molecule has 3 heteroatoms. The summed E-state index contributed by atoms with van der Waals surface area (Å²) >= 11 is 0. The zero-order valence-corrected chi connectivity index (χ0v) is 12.8. The molecule has 6 aromatic rings. The van der Waals surface area contributed by atoms with E-state index in [9.17, 15) is 0 Å². The first-order chi connectivity index (χ1) is 11.9. The highest BCUT2D eigenvalue weighted by Crippen LogP contribution is 2.34. The summed E-state index contributed by atoms with van der Waals surface area (Å²) in [5, 5.41) is 6.02. The summed E-state index contributed by atoms with van der Waals surface area (Å²) in [7, 11) is 0. The molecule has 0 radical (unpaired) electrons. The molecule has 3 aromatic carbocycles. The molecule has 2 N–H and O–H groups in total. The van der Waals surface area contributed by atoms with Crippen LogP contribution in [0, 0.1) is 0 Å². The Kier molecular flexibility index (Phi) is 2.10. The van der Waals surface area contributed by atoms with E-state index in [0.29, 0.717) is 0 Å². The topological polar surface area (TPSA) is 44.5 Å². The van der Waals surface area contributed by atoms with Gasteiger partial charge in [0.2, 0.25) is 0 Å². The van der Waals surface area contributed by atoms with Gasteiger partial charge in [0, 0.05) is 21.7 Å². The molecule has 0 saturated carbocycles. The lowest BCUT2D eigenvalue weighted by atomic mass is 10.1. The highest BCUT2D eigenvalue weighted by Gasteiger charge is 2.13. The number of benzene rings is 3. The number of nitrogens with one attached hydrogen (secondary N) is 2. The summed E-state index contributed by atoms with van der Waals surface area (Å²) < 4.78 is 0. The first kappa shape index (κ1) is 12.1. The van der Waals surface area contributed by atoms with Crippen molar-refractivity contribution in [2.75, 3.05) is 0 Å². The largest absolute Gasteiger partial charge is 0.353 e. The second-order valence-corrected chi connectivity index (χ2v) is 6.32. The van der Waals surface area contributed by atoms with Crippen molar-refractivity contribution in [2.24, 2.45) is 0 Å². The summed E-state index contributed by atoms with van der Waals surface area (Å²) in [5.41, 5.74) is 5.38. The van der Waals surface area contributed by atoms with Crippen molar-refractivity contribution in [3.63, 3.8) is 0 Å². The number of hydrogen-bond donors (Lipinski definition) is 2. The predicted octanol–water partition coefficient (Wildman–Crippen LogP) is 5.50. The van der Waals surface area contributed by atoms with Gasteiger partial charge in [-0.1, -0.05) is 42.5 Å². The van der Waals surface area contributed by atoms with Crippen molar-refractivity contribution in [3.8, 4) is 0 Å². The maximum absolute atomic E-state index is 4.78. The fraction of sp³-hybridized carbons (Fsp3) is 0. The molecule has 0 amide bonds. The molecular formula is C21H13N3. The normalized spacial score (nSPS) is 12.2. The summed E-state index contributed by atoms with van der Waals surface area (Å²) in [4.78, 5) is 11.9. The molecule has 3 nitrogen and oxygen atoms in total. The van der Waals surface area contributed by atoms with Gasteiger partial charge in [-0.2, -0.15) is 0 Å². The van der Waals surface area contributed by atoms with Crippen LogP contribution in [0.3, 0.4) is 0 Å². The lowest BCUT2D eigenvalue weighted by Gasteiger charge is -1.99. The van der Waals surface area contributed by atoms with Crippen LogP contribution in [0.5, 0.6) is 0 Å². The molecule has 6 rings (SSSR count). The number of aromatic amines is 2. The Morgan fingerprint density at radius 2 is 1.29 bits per heavy atom. The fourth-order valence-electron chi connectivity index (χ4n) is 3.73. The van der Waals surface area contributed by atoms with Crippen molar-refractivity contribution in [1.82, 2.24) is 15.0 Å². The molecule has 0 aliphatic rings. The van der Waals surface area contributed by atoms with Crippen LogP contribution in [0.25, 0.3) is 54.6 Å².